The largest absolute Gasteiger partial charge is 0.416 e. The molecule has 0 saturated heterocycles. The van der Waals surface area contributed by atoms with Crippen LogP contribution < -0.4 is 10.6 Å². The second-order valence-corrected chi connectivity index (χ2v) is 4.25. The molecular weight excluding hydrogens is 279 g/mol. The molecule has 9 heteroatoms. The number of alkyl halides is 3. The molecule has 0 aliphatic rings. The van der Waals surface area contributed by atoms with Gasteiger partial charge in [-0.3, -0.25) is 0 Å². The van der Waals surface area contributed by atoms with Gasteiger partial charge in [-0.25, -0.2) is 4.98 Å². The molecule has 1 rings (SSSR count). The zero-order valence-electron chi connectivity index (χ0n) is 10.7. The zero-order chi connectivity index (χ0) is 15.4. The molecule has 0 unspecified atom stereocenters. The average Bonchev–Trinajstić information content (AvgIpc) is 2.43. The van der Waals surface area contributed by atoms with Crippen LogP contribution in [-0.4, -0.2) is 52.7 Å². The molecule has 1 heterocycles. The highest BCUT2D eigenvalue weighted by Gasteiger charge is 2.33. The fourth-order valence-corrected chi connectivity index (χ4v) is 1.43. The minimum atomic E-state index is -4.56. The van der Waals surface area contributed by atoms with Gasteiger partial charge in [-0.15, -0.1) is 0 Å². The summed E-state index contributed by atoms with van der Waals surface area (Å²) in [5.74, 6) is -0.258. The molecule has 0 spiro atoms. The van der Waals surface area contributed by atoms with Crippen LogP contribution in [0, 0.1) is 0 Å². The van der Waals surface area contributed by atoms with Gasteiger partial charge in [0.2, 0.25) is 0 Å². The maximum Gasteiger partial charge on any atom is 0.416 e. The van der Waals surface area contributed by atoms with Crippen molar-refractivity contribution < 1.29 is 28.5 Å². The molecule has 114 valence electrons. The lowest BCUT2D eigenvalue weighted by atomic mass is 10.0. The van der Waals surface area contributed by atoms with E-state index in [0.29, 0.717) is 0 Å². The highest BCUT2D eigenvalue weighted by Crippen LogP contribution is 2.32. The summed E-state index contributed by atoms with van der Waals surface area (Å²) in [6.45, 7) is -2.02. The van der Waals surface area contributed by atoms with Gasteiger partial charge in [-0.1, -0.05) is 0 Å². The molecule has 0 radical (unpaired) electrons. The van der Waals surface area contributed by atoms with E-state index in [1.54, 1.807) is 0 Å². The van der Waals surface area contributed by atoms with Crippen molar-refractivity contribution in [2.24, 2.45) is 0 Å². The number of pyridine rings is 1. The molecule has 0 amide bonds. The summed E-state index contributed by atoms with van der Waals surface area (Å²) in [5.41, 5.74) is -2.50. The smallest absolute Gasteiger partial charge is 0.394 e. The number of aliphatic hydroxyl groups is 3. The number of aromatic nitrogens is 1. The van der Waals surface area contributed by atoms with Crippen LogP contribution >= 0.6 is 0 Å². The van der Waals surface area contributed by atoms with E-state index in [1.165, 1.54) is 7.05 Å². The van der Waals surface area contributed by atoms with Crippen molar-refractivity contribution in [3.63, 3.8) is 0 Å². The number of halogens is 3. The molecule has 0 aromatic carbocycles. The summed E-state index contributed by atoms with van der Waals surface area (Å²) in [6.07, 6.45) is -4.56. The predicted molar refractivity (Wildman–Crippen MR) is 66.4 cm³/mol. The minimum Gasteiger partial charge on any atom is -0.394 e. The maximum atomic E-state index is 12.7. The van der Waals surface area contributed by atoms with Gasteiger partial charge in [-0.2, -0.15) is 13.2 Å². The first kappa shape index (κ1) is 16.5. The van der Waals surface area contributed by atoms with Crippen LogP contribution in [0.25, 0.3) is 0 Å². The molecule has 0 aliphatic carbocycles. The first-order valence-electron chi connectivity index (χ1n) is 5.68. The van der Waals surface area contributed by atoms with Crippen LogP contribution in [0.1, 0.15) is 5.56 Å². The Morgan fingerprint density at radius 1 is 1.05 bits per heavy atom. The van der Waals surface area contributed by atoms with Gasteiger partial charge in [0.15, 0.2) is 0 Å². The summed E-state index contributed by atoms with van der Waals surface area (Å²) < 4.78 is 38.2. The first-order chi connectivity index (χ1) is 9.30. The van der Waals surface area contributed by atoms with Gasteiger partial charge in [-0.05, 0) is 12.1 Å². The number of nitrogens with zero attached hydrogens (tertiary/aromatic N) is 1. The highest BCUT2D eigenvalue weighted by atomic mass is 19.4. The summed E-state index contributed by atoms with van der Waals surface area (Å²) in [5, 5.41) is 32.3. The molecule has 0 bridgehead atoms. The molecule has 1 aromatic rings. The van der Waals surface area contributed by atoms with Gasteiger partial charge in [0.25, 0.3) is 0 Å². The normalized spacial score (nSPS) is 12.3. The number of hydrogen-bond donors (Lipinski definition) is 5. The Balaban J connectivity index is 3.18. The molecule has 1 aromatic heterocycles. The SMILES string of the molecule is CNc1cc(C(F)(F)F)cc(NC(CO)(CO)CO)n1. The Morgan fingerprint density at radius 3 is 1.95 bits per heavy atom. The van der Waals surface area contributed by atoms with E-state index in [4.69, 9.17) is 15.3 Å². The minimum absolute atomic E-state index is 0.0370. The van der Waals surface area contributed by atoms with Crippen molar-refractivity contribution in [1.82, 2.24) is 4.98 Å². The molecule has 6 nitrogen and oxygen atoms in total. The maximum absolute atomic E-state index is 12.7. The van der Waals surface area contributed by atoms with Crippen molar-refractivity contribution in [3.8, 4) is 0 Å². The second kappa shape index (κ2) is 6.25. The average molecular weight is 295 g/mol. The van der Waals surface area contributed by atoms with Crippen molar-refractivity contribution in [2.45, 2.75) is 11.7 Å². The van der Waals surface area contributed by atoms with E-state index in [2.05, 4.69) is 15.6 Å². The van der Waals surface area contributed by atoms with Gasteiger partial charge in [0.05, 0.1) is 25.4 Å². The van der Waals surface area contributed by atoms with Crippen molar-refractivity contribution in [1.29, 1.82) is 0 Å². The van der Waals surface area contributed by atoms with Crippen LogP contribution in [0.5, 0.6) is 0 Å². The Labute approximate surface area is 113 Å². The molecule has 0 aliphatic heterocycles. The number of rotatable bonds is 6. The number of hydrogen-bond acceptors (Lipinski definition) is 6. The fourth-order valence-electron chi connectivity index (χ4n) is 1.43. The lowest BCUT2D eigenvalue weighted by molar-refractivity contribution is -0.137. The van der Waals surface area contributed by atoms with Crippen LogP contribution in [0.2, 0.25) is 0 Å². The van der Waals surface area contributed by atoms with Crippen LogP contribution in [-0.2, 0) is 6.18 Å². The third-order valence-corrected chi connectivity index (χ3v) is 2.71. The van der Waals surface area contributed by atoms with E-state index in [0.717, 1.165) is 12.1 Å². The van der Waals surface area contributed by atoms with E-state index in [1.807, 2.05) is 0 Å². The number of aliphatic hydroxyl groups excluding tert-OH is 3. The Kier molecular flexibility index (Phi) is 5.15. The molecule has 0 saturated carbocycles. The topological polar surface area (TPSA) is 97.6 Å². The predicted octanol–water partition coefficient (Wildman–Crippen LogP) is 0.270. The van der Waals surface area contributed by atoms with Crippen LogP contribution in [0.4, 0.5) is 24.8 Å². The van der Waals surface area contributed by atoms with Crippen LogP contribution in [0.3, 0.4) is 0 Å². The van der Waals surface area contributed by atoms with Gasteiger partial charge < -0.3 is 26.0 Å². The summed E-state index contributed by atoms with van der Waals surface area (Å²) in [7, 11) is 1.41. The van der Waals surface area contributed by atoms with E-state index in [-0.39, 0.29) is 11.6 Å². The number of anilines is 2. The van der Waals surface area contributed by atoms with E-state index >= 15 is 0 Å². The molecule has 5 N–H and O–H groups in total. The standard InChI is InChI=1S/C11H16F3N3O3/c1-15-8-2-7(11(12,13)14)3-9(16-8)17-10(4-18,5-19)6-20/h2-3,18-20H,4-6H2,1H3,(H2,15,16,17). The Hall–Kier alpha value is -1.58. The lowest BCUT2D eigenvalue weighted by Crippen LogP contribution is -2.49. The quantitative estimate of drug-likeness (QED) is 0.517. The second-order valence-electron chi connectivity index (χ2n) is 4.25. The zero-order valence-corrected chi connectivity index (χ0v) is 10.7. The lowest BCUT2D eigenvalue weighted by Gasteiger charge is -2.29. The molecule has 20 heavy (non-hydrogen) atoms. The van der Waals surface area contributed by atoms with Crippen molar-refractivity contribution in [3.05, 3.63) is 17.7 Å². The molecular formula is C11H16F3N3O3. The van der Waals surface area contributed by atoms with Gasteiger partial charge in [0, 0.05) is 7.05 Å². The van der Waals surface area contributed by atoms with E-state index < -0.39 is 37.1 Å². The van der Waals surface area contributed by atoms with Gasteiger partial charge in [0.1, 0.15) is 17.2 Å². The Morgan fingerprint density at radius 2 is 1.55 bits per heavy atom. The summed E-state index contributed by atoms with van der Waals surface area (Å²) in [6, 6.07) is 1.56. The third kappa shape index (κ3) is 3.71. The molecule has 0 fully saturated rings. The monoisotopic (exact) mass is 295 g/mol. The number of nitrogens with one attached hydrogen (secondary N) is 2. The van der Waals surface area contributed by atoms with E-state index in [9.17, 15) is 13.2 Å². The third-order valence-electron chi connectivity index (χ3n) is 2.71. The molecule has 0 atom stereocenters. The Bertz CT molecular complexity index is 442. The highest BCUT2D eigenvalue weighted by molar-refractivity contribution is 5.50. The van der Waals surface area contributed by atoms with Crippen molar-refractivity contribution in [2.75, 3.05) is 37.5 Å². The summed E-state index contributed by atoms with van der Waals surface area (Å²) >= 11 is 0. The summed E-state index contributed by atoms with van der Waals surface area (Å²) in [4.78, 5) is 3.84. The van der Waals surface area contributed by atoms with Crippen molar-refractivity contribution >= 4 is 11.6 Å². The van der Waals surface area contributed by atoms with Crippen LogP contribution in [0.15, 0.2) is 12.1 Å². The first-order valence-corrected chi connectivity index (χ1v) is 5.68. The fraction of sp³-hybridized carbons (Fsp3) is 0.545. The van der Waals surface area contributed by atoms with Gasteiger partial charge >= 0.3 is 6.18 Å².